The molecule has 1 aliphatic carbocycles. The summed E-state index contributed by atoms with van der Waals surface area (Å²) in [5, 5.41) is 0. The van der Waals surface area contributed by atoms with Crippen molar-refractivity contribution in [3.63, 3.8) is 0 Å². The predicted molar refractivity (Wildman–Crippen MR) is 109 cm³/mol. The van der Waals surface area contributed by atoms with Crippen LogP contribution >= 0.6 is 0 Å². The lowest BCUT2D eigenvalue weighted by Gasteiger charge is -2.42. The monoisotopic (exact) mass is 445 g/mol. The van der Waals surface area contributed by atoms with Gasteiger partial charge in [0.25, 0.3) is 0 Å². The number of carbonyl (C=O) groups excluding carboxylic acids is 1. The molecule has 0 radical (unpaired) electrons. The van der Waals surface area contributed by atoms with E-state index in [1.165, 1.54) is 5.56 Å². The average Bonchev–Trinajstić information content (AvgIpc) is 3.46. The normalized spacial score (nSPS) is 17.1. The van der Waals surface area contributed by atoms with Gasteiger partial charge < -0.3 is 26.2 Å². The summed E-state index contributed by atoms with van der Waals surface area (Å²) in [6, 6.07) is 20.7. The minimum absolute atomic E-state index is 0. The maximum absolute atomic E-state index is 12.8. The molecular formula is C24H32BrNO2. The second-order valence-corrected chi connectivity index (χ2v) is 8.99. The Bertz CT molecular complexity index is 753. The summed E-state index contributed by atoms with van der Waals surface area (Å²) in [5.74, 6) is 0.214. The SMILES string of the molecule is CC(C[N+](C)(C)C)C(Cc1ccccc1)(OC(=O)C1CC1)c1ccccc1.[Br-]. The molecule has 0 aromatic heterocycles. The molecule has 0 heterocycles. The Balaban J connectivity index is 0.00000280. The molecule has 0 amide bonds. The minimum atomic E-state index is -0.659. The highest BCUT2D eigenvalue weighted by atomic mass is 79.9. The molecule has 3 nitrogen and oxygen atoms in total. The van der Waals surface area contributed by atoms with Crippen LogP contribution < -0.4 is 17.0 Å². The van der Waals surface area contributed by atoms with Crippen molar-refractivity contribution >= 4 is 5.97 Å². The number of hydrogen-bond donors (Lipinski definition) is 0. The maximum Gasteiger partial charge on any atom is 0.309 e. The van der Waals surface area contributed by atoms with E-state index in [2.05, 4.69) is 64.5 Å². The molecule has 0 aliphatic heterocycles. The molecule has 2 aromatic rings. The number of hydrogen-bond acceptors (Lipinski definition) is 2. The Hall–Kier alpha value is -1.65. The molecule has 2 atom stereocenters. The maximum atomic E-state index is 12.8. The Morgan fingerprint density at radius 2 is 1.57 bits per heavy atom. The van der Waals surface area contributed by atoms with Gasteiger partial charge in [-0.05, 0) is 24.0 Å². The summed E-state index contributed by atoms with van der Waals surface area (Å²) in [7, 11) is 6.58. The first-order valence-corrected chi connectivity index (χ1v) is 9.93. The van der Waals surface area contributed by atoms with Crippen LogP contribution in [0.5, 0.6) is 0 Å². The predicted octanol–water partition coefficient (Wildman–Crippen LogP) is 1.42. The smallest absolute Gasteiger partial charge is 0.309 e. The molecule has 0 bridgehead atoms. The molecule has 1 aliphatic rings. The first-order chi connectivity index (χ1) is 12.8. The van der Waals surface area contributed by atoms with Crippen LogP contribution in [-0.2, 0) is 21.6 Å². The largest absolute Gasteiger partial charge is 1.00 e. The average molecular weight is 446 g/mol. The lowest BCUT2D eigenvalue weighted by molar-refractivity contribution is -0.874. The van der Waals surface area contributed by atoms with E-state index >= 15 is 0 Å². The van der Waals surface area contributed by atoms with Crippen LogP contribution in [-0.4, -0.2) is 38.1 Å². The van der Waals surface area contributed by atoms with Crippen LogP contribution in [0.15, 0.2) is 60.7 Å². The van der Waals surface area contributed by atoms with Crippen molar-refractivity contribution < 1.29 is 31.0 Å². The number of nitrogens with zero attached hydrogens (tertiary/aromatic N) is 1. The highest BCUT2D eigenvalue weighted by Crippen LogP contribution is 2.41. The second-order valence-electron chi connectivity index (χ2n) is 8.99. The Morgan fingerprint density at radius 1 is 1.04 bits per heavy atom. The van der Waals surface area contributed by atoms with Gasteiger partial charge in [-0.15, -0.1) is 0 Å². The number of ether oxygens (including phenoxy) is 1. The van der Waals surface area contributed by atoms with Crippen molar-refractivity contribution in [3.05, 3.63) is 71.8 Å². The van der Waals surface area contributed by atoms with E-state index in [1.54, 1.807) is 0 Å². The zero-order valence-electron chi connectivity index (χ0n) is 17.4. The van der Waals surface area contributed by atoms with Crippen molar-refractivity contribution in [1.29, 1.82) is 0 Å². The first kappa shape index (κ1) is 22.6. The van der Waals surface area contributed by atoms with Crippen LogP contribution in [0.4, 0.5) is 0 Å². The van der Waals surface area contributed by atoms with Crippen LogP contribution in [0.25, 0.3) is 0 Å². The molecule has 28 heavy (non-hydrogen) atoms. The molecule has 4 heteroatoms. The lowest BCUT2D eigenvalue weighted by atomic mass is 9.77. The molecular weight excluding hydrogens is 414 g/mol. The van der Waals surface area contributed by atoms with Gasteiger partial charge in [0.15, 0.2) is 0 Å². The Labute approximate surface area is 180 Å². The minimum Gasteiger partial charge on any atom is -1.00 e. The Kier molecular flexibility index (Phi) is 7.46. The van der Waals surface area contributed by atoms with Gasteiger partial charge in [0.1, 0.15) is 5.60 Å². The highest BCUT2D eigenvalue weighted by molar-refractivity contribution is 5.75. The van der Waals surface area contributed by atoms with E-state index in [0.717, 1.165) is 29.4 Å². The fraction of sp³-hybridized carbons (Fsp3) is 0.458. The standard InChI is InChI=1S/C24H32NO2.BrH/c1-19(18-25(2,3)4)24(22-13-9-6-10-14-22,27-23(26)21-15-16-21)17-20-11-7-5-8-12-20;/h5-14,19,21H,15-18H2,1-4H3;1H/q+1;/p-1. The first-order valence-electron chi connectivity index (χ1n) is 9.93. The summed E-state index contributed by atoms with van der Waals surface area (Å²) in [6.07, 6.45) is 2.61. The summed E-state index contributed by atoms with van der Waals surface area (Å²) in [5.41, 5.74) is 1.62. The second kappa shape index (κ2) is 9.23. The third kappa shape index (κ3) is 5.68. The molecule has 0 saturated heterocycles. The van der Waals surface area contributed by atoms with Gasteiger partial charge in [-0.2, -0.15) is 0 Å². The van der Waals surface area contributed by atoms with Crippen molar-refractivity contribution in [2.75, 3.05) is 27.7 Å². The van der Waals surface area contributed by atoms with Gasteiger partial charge in [-0.25, -0.2) is 0 Å². The van der Waals surface area contributed by atoms with Gasteiger partial charge in [-0.1, -0.05) is 67.6 Å². The summed E-state index contributed by atoms with van der Waals surface area (Å²) < 4.78 is 7.24. The van der Waals surface area contributed by atoms with Crippen LogP contribution in [0.1, 0.15) is 30.9 Å². The van der Waals surface area contributed by atoms with E-state index in [0.29, 0.717) is 6.42 Å². The van der Waals surface area contributed by atoms with E-state index < -0.39 is 5.60 Å². The summed E-state index contributed by atoms with van der Waals surface area (Å²) in [6.45, 7) is 3.14. The van der Waals surface area contributed by atoms with E-state index in [9.17, 15) is 4.79 Å². The van der Waals surface area contributed by atoms with Gasteiger partial charge in [0, 0.05) is 12.3 Å². The molecule has 1 fully saturated rings. The highest BCUT2D eigenvalue weighted by Gasteiger charge is 2.46. The van der Waals surface area contributed by atoms with E-state index in [4.69, 9.17) is 4.74 Å². The zero-order chi connectivity index (χ0) is 19.5. The van der Waals surface area contributed by atoms with Crippen molar-refractivity contribution in [1.82, 2.24) is 0 Å². The van der Waals surface area contributed by atoms with Crippen LogP contribution in [0.3, 0.4) is 0 Å². The number of quaternary nitrogens is 1. The third-order valence-electron chi connectivity index (χ3n) is 5.38. The molecule has 0 N–H and O–H groups in total. The fourth-order valence-electron chi connectivity index (χ4n) is 3.93. The fourth-order valence-corrected chi connectivity index (χ4v) is 3.93. The third-order valence-corrected chi connectivity index (χ3v) is 5.38. The number of carbonyl (C=O) groups is 1. The zero-order valence-corrected chi connectivity index (χ0v) is 19.0. The lowest BCUT2D eigenvalue weighted by Crippen LogP contribution is -3.00. The molecule has 2 aromatic carbocycles. The molecule has 0 spiro atoms. The molecule has 2 unspecified atom stereocenters. The molecule has 152 valence electrons. The van der Waals surface area contributed by atoms with Crippen LogP contribution in [0, 0.1) is 11.8 Å². The number of esters is 1. The molecule has 3 rings (SSSR count). The van der Waals surface area contributed by atoms with Crippen molar-refractivity contribution in [3.8, 4) is 0 Å². The van der Waals surface area contributed by atoms with Crippen molar-refractivity contribution in [2.45, 2.75) is 31.8 Å². The van der Waals surface area contributed by atoms with Gasteiger partial charge in [-0.3, -0.25) is 4.79 Å². The number of halogens is 1. The van der Waals surface area contributed by atoms with E-state index in [-0.39, 0.29) is 34.8 Å². The quantitative estimate of drug-likeness (QED) is 0.453. The topological polar surface area (TPSA) is 26.3 Å². The summed E-state index contributed by atoms with van der Waals surface area (Å²) >= 11 is 0. The number of rotatable bonds is 8. The summed E-state index contributed by atoms with van der Waals surface area (Å²) in [4.78, 5) is 12.8. The van der Waals surface area contributed by atoms with Gasteiger partial charge >= 0.3 is 5.97 Å². The van der Waals surface area contributed by atoms with Crippen molar-refractivity contribution in [2.24, 2.45) is 11.8 Å². The number of benzene rings is 2. The van der Waals surface area contributed by atoms with Gasteiger partial charge in [0.05, 0.1) is 33.6 Å². The Morgan fingerprint density at radius 3 is 2.07 bits per heavy atom. The van der Waals surface area contributed by atoms with Gasteiger partial charge in [0.2, 0.25) is 0 Å². The van der Waals surface area contributed by atoms with Crippen LogP contribution in [0.2, 0.25) is 0 Å². The molecule has 1 saturated carbocycles. The van der Waals surface area contributed by atoms with E-state index in [1.807, 2.05) is 24.3 Å².